The second kappa shape index (κ2) is 8.78. The maximum atomic E-state index is 13.5. The Labute approximate surface area is 189 Å². The highest BCUT2D eigenvalue weighted by Crippen LogP contribution is 2.32. The van der Waals surface area contributed by atoms with Crippen LogP contribution >= 0.6 is 15.9 Å². The molecule has 1 amide bonds. The number of halogens is 1. The summed E-state index contributed by atoms with van der Waals surface area (Å²) in [5.41, 5.74) is 3.82. The van der Waals surface area contributed by atoms with Gasteiger partial charge in [-0.2, -0.15) is 0 Å². The van der Waals surface area contributed by atoms with Gasteiger partial charge in [0.15, 0.2) is 11.5 Å². The Hall–Kier alpha value is -3.38. The van der Waals surface area contributed by atoms with Crippen molar-refractivity contribution in [2.24, 2.45) is 4.99 Å². The summed E-state index contributed by atoms with van der Waals surface area (Å²) in [5, 5.41) is 0. The molecular formula is C25H21BrN2O3. The molecule has 0 aliphatic carbocycles. The highest BCUT2D eigenvalue weighted by atomic mass is 79.9. The third-order valence-electron chi connectivity index (χ3n) is 4.95. The first-order valence-electron chi connectivity index (χ1n) is 9.70. The molecule has 1 aliphatic heterocycles. The molecule has 0 saturated carbocycles. The topological polar surface area (TPSA) is 51.1 Å². The normalized spacial score (nSPS) is 14.7. The van der Waals surface area contributed by atoms with Crippen molar-refractivity contribution in [3.8, 4) is 11.5 Å². The SMILES string of the molecule is COc1ccc(/C=C2/N=C(c3ccccc3Br)N(c3cccc(C)c3)C2=O)cc1OC. The number of aryl methyl sites for hydroxylation is 1. The second-order valence-electron chi connectivity index (χ2n) is 7.04. The average Bonchev–Trinajstić information content (AvgIpc) is 3.09. The molecule has 3 aromatic carbocycles. The molecule has 0 fully saturated rings. The number of aliphatic imine (C=N–C) groups is 1. The number of amidine groups is 1. The number of benzene rings is 3. The maximum Gasteiger partial charge on any atom is 0.282 e. The van der Waals surface area contributed by atoms with Crippen LogP contribution in [0, 0.1) is 6.92 Å². The number of methoxy groups -OCH3 is 2. The number of nitrogens with zero attached hydrogens (tertiary/aromatic N) is 2. The van der Waals surface area contributed by atoms with Gasteiger partial charge in [-0.3, -0.25) is 9.69 Å². The van der Waals surface area contributed by atoms with Crippen LogP contribution in [0.15, 0.2) is 81.9 Å². The lowest BCUT2D eigenvalue weighted by Gasteiger charge is -2.19. The number of anilines is 1. The Kier molecular flexibility index (Phi) is 5.91. The number of hydrogen-bond donors (Lipinski definition) is 0. The molecule has 3 aromatic rings. The van der Waals surface area contributed by atoms with E-state index in [-0.39, 0.29) is 5.91 Å². The van der Waals surface area contributed by atoms with E-state index in [4.69, 9.17) is 14.5 Å². The van der Waals surface area contributed by atoms with Gasteiger partial charge in [-0.25, -0.2) is 4.99 Å². The minimum Gasteiger partial charge on any atom is -0.493 e. The molecule has 0 N–H and O–H groups in total. The zero-order valence-corrected chi connectivity index (χ0v) is 19.0. The van der Waals surface area contributed by atoms with Gasteiger partial charge in [-0.15, -0.1) is 0 Å². The van der Waals surface area contributed by atoms with Gasteiger partial charge >= 0.3 is 0 Å². The van der Waals surface area contributed by atoms with Crippen molar-refractivity contribution in [2.45, 2.75) is 6.92 Å². The Morgan fingerprint density at radius 1 is 0.935 bits per heavy atom. The van der Waals surface area contributed by atoms with Crippen LogP contribution in [0.2, 0.25) is 0 Å². The molecule has 0 spiro atoms. The number of hydrogen-bond acceptors (Lipinski definition) is 4. The summed E-state index contributed by atoms with van der Waals surface area (Å²) >= 11 is 3.59. The van der Waals surface area contributed by atoms with E-state index in [0.29, 0.717) is 23.0 Å². The third-order valence-corrected chi connectivity index (χ3v) is 5.64. The van der Waals surface area contributed by atoms with Gasteiger partial charge in [0.25, 0.3) is 5.91 Å². The smallest absolute Gasteiger partial charge is 0.282 e. The molecule has 5 nitrogen and oxygen atoms in total. The molecule has 4 rings (SSSR count). The van der Waals surface area contributed by atoms with Gasteiger partial charge in [0.1, 0.15) is 11.5 Å². The quantitative estimate of drug-likeness (QED) is 0.449. The molecule has 0 bridgehead atoms. The minimum atomic E-state index is -0.189. The fourth-order valence-electron chi connectivity index (χ4n) is 3.45. The van der Waals surface area contributed by atoms with Gasteiger partial charge in [0, 0.05) is 10.0 Å². The number of carbonyl (C=O) groups excluding carboxylic acids is 1. The van der Waals surface area contributed by atoms with Crippen molar-refractivity contribution in [3.05, 3.63) is 93.6 Å². The standard InChI is InChI=1S/C25H21BrN2O3/c1-16-7-6-8-18(13-16)28-24(19-9-4-5-10-20(19)26)27-21(25(28)29)14-17-11-12-22(30-2)23(15-17)31-3/h4-15H,1-3H3/b21-14+. The zero-order valence-electron chi connectivity index (χ0n) is 17.4. The van der Waals surface area contributed by atoms with E-state index in [1.165, 1.54) is 0 Å². The fraction of sp³-hybridized carbons (Fsp3) is 0.120. The lowest BCUT2D eigenvalue weighted by molar-refractivity contribution is -0.113. The highest BCUT2D eigenvalue weighted by Gasteiger charge is 2.33. The third kappa shape index (κ3) is 4.11. The first-order valence-corrected chi connectivity index (χ1v) is 10.5. The number of amides is 1. The summed E-state index contributed by atoms with van der Waals surface area (Å²) in [6.45, 7) is 2.00. The molecule has 0 aromatic heterocycles. The Balaban J connectivity index is 1.84. The van der Waals surface area contributed by atoms with Crippen LogP contribution in [-0.2, 0) is 4.79 Å². The molecule has 1 aliphatic rings. The maximum absolute atomic E-state index is 13.5. The van der Waals surface area contributed by atoms with Crippen LogP contribution in [0.25, 0.3) is 6.08 Å². The summed E-state index contributed by atoms with van der Waals surface area (Å²) in [6, 6.07) is 21.1. The first kappa shape index (κ1) is 20.9. The summed E-state index contributed by atoms with van der Waals surface area (Å²) < 4.78 is 11.6. The number of rotatable bonds is 5. The molecule has 6 heteroatoms. The van der Waals surface area contributed by atoms with Gasteiger partial charge in [-0.05, 0) is 54.5 Å². The van der Waals surface area contributed by atoms with E-state index in [9.17, 15) is 4.79 Å². The highest BCUT2D eigenvalue weighted by molar-refractivity contribution is 9.10. The van der Waals surface area contributed by atoms with E-state index in [2.05, 4.69) is 15.9 Å². The van der Waals surface area contributed by atoms with Crippen LogP contribution < -0.4 is 14.4 Å². The van der Waals surface area contributed by atoms with Crippen LogP contribution in [0.3, 0.4) is 0 Å². The van der Waals surface area contributed by atoms with E-state index >= 15 is 0 Å². The molecule has 0 atom stereocenters. The largest absolute Gasteiger partial charge is 0.493 e. The van der Waals surface area contributed by atoms with Crippen LogP contribution in [0.4, 0.5) is 5.69 Å². The Morgan fingerprint density at radius 3 is 2.42 bits per heavy atom. The van der Waals surface area contributed by atoms with E-state index in [1.807, 2.05) is 67.6 Å². The monoisotopic (exact) mass is 476 g/mol. The summed E-state index contributed by atoms with van der Waals surface area (Å²) in [7, 11) is 3.17. The van der Waals surface area contributed by atoms with Crippen LogP contribution in [0.1, 0.15) is 16.7 Å². The van der Waals surface area contributed by atoms with Crippen LogP contribution in [0.5, 0.6) is 11.5 Å². The molecular weight excluding hydrogens is 456 g/mol. The van der Waals surface area contributed by atoms with Gasteiger partial charge < -0.3 is 9.47 Å². The molecule has 1 heterocycles. The van der Waals surface area contributed by atoms with Gasteiger partial charge in [0.05, 0.1) is 19.9 Å². The average molecular weight is 477 g/mol. The van der Waals surface area contributed by atoms with Crippen molar-refractivity contribution in [1.82, 2.24) is 0 Å². The van der Waals surface area contributed by atoms with E-state index in [1.54, 1.807) is 31.3 Å². The fourth-order valence-corrected chi connectivity index (χ4v) is 3.91. The zero-order chi connectivity index (χ0) is 22.0. The lowest BCUT2D eigenvalue weighted by Crippen LogP contribution is -2.32. The molecule has 0 unspecified atom stereocenters. The number of carbonyl (C=O) groups is 1. The molecule has 0 radical (unpaired) electrons. The van der Waals surface area contributed by atoms with Gasteiger partial charge in [0.2, 0.25) is 0 Å². The summed E-state index contributed by atoms with van der Waals surface area (Å²) in [4.78, 5) is 19.9. The molecule has 0 saturated heterocycles. The Morgan fingerprint density at radius 2 is 1.71 bits per heavy atom. The summed E-state index contributed by atoms with van der Waals surface area (Å²) in [5.74, 6) is 1.61. The molecule has 31 heavy (non-hydrogen) atoms. The van der Waals surface area contributed by atoms with Crippen molar-refractivity contribution in [1.29, 1.82) is 0 Å². The first-order chi connectivity index (χ1) is 15.0. The van der Waals surface area contributed by atoms with Crippen molar-refractivity contribution in [3.63, 3.8) is 0 Å². The molecule has 156 valence electrons. The second-order valence-corrected chi connectivity index (χ2v) is 7.89. The minimum absolute atomic E-state index is 0.189. The van der Waals surface area contributed by atoms with E-state index < -0.39 is 0 Å². The van der Waals surface area contributed by atoms with Crippen molar-refractivity contribution >= 4 is 39.4 Å². The summed E-state index contributed by atoms with van der Waals surface area (Å²) in [6.07, 6.45) is 1.76. The van der Waals surface area contributed by atoms with Gasteiger partial charge in [-0.1, -0.05) is 52.3 Å². The van der Waals surface area contributed by atoms with Crippen molar-refractivity contribution in [2.75, 3.05) is 19.1 Å². The lowest BCUT2D eigenvalue weighted by atomic mass is 10.1. The predicted octanol–water partition coefficient (Wildman–Crippen LogP) is 5.61. The number of ether oxygens (including phenoxy) is 2. The van der Waals surface area contributed by atoms with E-state index in [0.717, 1.165) is 26.9 Å². The van der Waals surface area contributed by atoms with Crippen LogP contribution in [-0.4, -0.2) is 26.0 Å². The Bertz CT molecular complexity index is 1220. The predicted molar refractivity (Wildman–Crippen MR) is 127 cm³/mol. The van der Waals surface area contributed by atoms with Crippen molar-refractivity contribution < 1.29 is 14.3 Å².